The summed E-state index contributed by atoms with van der Waals surface area (Å²) in [4.78, 5) is 42.9. The first-order chi connectivity index (χ1) is 18.4. The molecule has 0 aromatic rings. The Morgan fingerprint density at radius 2 is 1.90 bits per heavy atom. The third kappa shape index (κ3) is 4.32. The molecule has 0 aromatic carbocycles. The number of nitrogens with zero attached hydrogens (tertiary/aromatic N) is 2. The highest BCUT2D eigenvalue weighted by molar-refractivity contribution is 5.96. The fraction of sp³-hybridized carbons (Fsp3) is 0.786. The molecule has 9 unspecified atom stereocenters. The van der Waals surface area contributed by atoms with Crippen LogP contribution in [0, 0.1) is 28.6 Å². The van der Waals surface area contributed by atoms with Gasteiger partial charge in [-0.05, 0) is 74.2 Å². The average Bonchev–Trinajstić information content (AvgIpc) is 3.41. The minimum absolute atomic E-state index is 0.00861. The van der Waals surface area contributed by atoms with Crippen molar-refractivity contribution in [2.24, 2.45) is 33.7 Å². The molecule has 0 bridgehead atoms. The standard InChI is InChI=1S/C28H40N2O9/c1-26-7-5-16(29-39-14-23(35)30-12-17(32)10-20(30)25(36)37)9-15(26)3-4-18-19-6-8-28(38,22(34)13-31)27(19,2)11-21(33)24(18)26/h9,17-21,24,31-33,38H,3-8,10-14H2,1-2H3,(H,36,37). The number of β-amino-alcohol motifs (C(OH)–C–C–N with tert-alkyl or cyclic N) is 1. The van der Waals surface area contributed by atoms with E-state index >= 15 is 0 Å². The molecule has 11 nitrogen and oxygen atoms in total. The molecule has 5 aliphatic rings. The van der Waals surface area contributed by atoms with Crippen molar-refractivity contribution in [3.8, 4) is 0 Å². The number of carbonyl (C=O) groups is 3. The molecule has 1 amide bonds. The van der Waals surface area contributed by atoms with E-state index in [0.717, 1.165) is 24.2 Å². The number of carbonyl (C=O) groups excluding carboxylic acids is 2. The van der Waals surface area contributed by atoms with Crippen LogP contribution in [-0.2, 0) is 19.2 Å². The Morgan fingerprint density at radius 1 is 1.15 bits per heavy atom. The first-order valence-corrected chi connectivity index (χ1v) is 14.0. The van der Waals surface area contributed by atoms with E-state index in [4.69, 9.17) is 4.84 Å². The second-order valence-corrected chi connectivity index (χ2v) is 12.7. The summed E-state index contributed by atoms with van der Waals surface area (Å²) in [5.41, 5.74) is -0.824. The maximum Gasteiger partial charge on any atom is 0.326 e. The van der Waals surface area contributed by atoms with Crippen LogP contribution >= 0.6 is 0 Å². The molecule has 4 fully saturated rings. The number of allylic oxidation sites excluding steroid dienone is 2. The molecule has 1 heterocycles. The number of aliphatic carboxylic acids is 1. The van der Waals surface area contributed by atoms with Crippen molar-refractivity contribution in [1.82, 2.24) is 4.90 Å². The Kier molecular flexibility index (Phi) is 7.18. The Bertz CT molecular complexity index is 1110. The molecule has 0 aromatic heterocycles. The number of hydrogen-bond acceptors (Lipinski definition) is 9. The third-order valence-electron chi connectivity index (χ3n) is 10.9. The number of ketones is 1. The minimum atomic E-state index is -1.62. The number of hydrogen-bond donors (Lipinski definition) is 5. The quantitative estimate of drug-likeness (QED) is 0.298. The summed E-state index contributed by atoms with van der Waals surface area (Å²) in [7, 11) is 0. The summed E-state index contributed by atoms with van der Waals surface area (Å²) in [6, 6.07) is -1.07. The van der Waals surface area contributed by atoms with Crippen molar-refractivity contribution in [3.05, 3.63) is 11.6 Å². The highest BCUT2D eigenvalue weighted by Gasteiger charge is 2.68. The number of amides is 1. The molecule has 1 aliphatic heterocycles. The third-order valence-corrected chi connectivity index (χ3v) is 10.9. The van der Waals surface area contributed by atoms with E-state index in [-0.39, 0.29) is 36.1 Å². The molecule has 1 saturated heterocycles. The molecule has 5 N–H and O–H groups in total. The van der Waals surface area contributed by atoms with E-state index in [1.165, 1.54) is 5.57 Å². The number of fused-ring (bicyclic) bond motifs is 5. The van der Waals surface area contributed by atoms with Crippen molar-refractivity contribution < 1.29 is 44.8 Å². The van der Waals surface area contributed by atoms with Gasteiger partial charge in [0.15, 0.2) is 12.4 Å². The summed E-state index contributed by atoms with van der Waals surface area (Å²) >= 11 is 0. The normalized spacial score (nSPS) is 44.3. The number of aliphatic hydroxyl groups excluding tert-OH is 3. The van der Waals surface area contributed by atoms with Gasteiger partial charge in [0.25, 0.3) is 5.91 Å². The summed E-state index contributed by atoms with van der Waals surface area (Å²) in [5, 5.41) is 55.6. The first kappa shape index (κ1) is 28.2. The highest BCUT2D eigenvalue weighted by atomic mass is 16.6. The topological polar surface area (TPSA) is 177 Å². The SMILES string of the molecule is CC12CCC(=NOCC(=O)N3CC(O)CC3C(=O)O)C=C1CCC1C2C(O)CC2(C)C1CCC2(O)C(=O)CO. The molecule has 0 radical (unpaired) electrons. The molecule has 11 heteroatoms. The van der Waals surface area contributed by atoms with Crippen LogP contribution in [0.25, 0.3) is 0 Å². The fourth-order valence-corrected chi connectivity index (χ4v) is 8.94. The molecule has 9 atom stereocenters. The maximum atomic E-state index is 12.6. The van der Waals surface area contributed by atoms with Gasteiger partial charge >= 0.3 is 5.97 Å². The highest BCUT2D eigenvalue weighted by Crippen LogP contribution is 2.67. The van der Waals surface area contributed by atoms with Crippen LogP contribution in [0.3, 0.4) is 0 Å². The minimum Gasteiger partial charge on any atom is -0.480 e. The largest absolute Gasteiger partial charge is 0.480 e. The zero-order chi connectivity index (χ0) is 28.3. The van der Waals surface area contributed by atoms with Crippen molar-refractivity contribution in [1.29, 1.82) is 0 Å². The van der Waals surface area contributed by atoms with Crippen LogP contribution in [0.1, 0.15) is 65.2 Å². The average molecular weight is 549 g/mol. The molecule has 4 aliphatic carbocycles. The van der Waals surface area contributed by atoms with Gasteiger partial charge in [0.2, 0.25) is 0 Å². The summed E-state index contributed by atoms with van der Waals surface area (Å²) in [5.74, 6) is -2.06. The number of oxime groups is 1. The van der Waals surface area contributed by atoms with Crippen molar-refractivity contribution >= 4 is 23.4 Å². The zero-order valence-corrected chi connectivity index (χ0v) is 22.6. The van der Waals surface area contributed by atoms with Gasteiger partial charge in [0.05, 0.1) is 17.9 Å². The second-order valence-electron chi connectivity index (χ2n) is 12.7. The monoisotopic (exact) mass is 548 g/mol. The molecule has 0 spiro atoms. The van der Waals surface area contributed by atoms with E-state index in [0.29, 0.717) is 31.4 Å². The van der Waals surface area contributed by atoms with Crippen LogP contribution in [-0.4, -0.2) is 97.4 Å². The number of carboxylic acid groups (broad SMARTS) is 1. The van der Waals surface area contributed by atoms with Gasteiger partial charge in [-0.2, -0.15) is 0 Å². The predicted molar refractivity (Wildman–Crippen MR) is 137 cm³/mol. The second kappa shape index (κ2) is 9.94. The van der Waals surface area contributed by atoms with Gasteiger partial charge < -0.3 is 35.3 Å². The van der Waals surface area contributed by atoms with Crippen molar-refractivity contribution in [3.63, 3.8) is 0 Å². The summed E-state index contributed by atoms with van der Waals surface area (Å²) < 4.78 is 0. The number of rotatable bonds is 6. The number of Topliss-reactive ketones (excluding diaryl/α,β-unsaturated/α-hetero) is 1. The lowest BCUT2D eigenvalue weighted by molar-refractivity contribution is -0.181. The Balaban J connectivity index is 1.29. The van der Waals surface area contributed by atoms with Gasteiger partial charge in [-0.3, -0.25) is 9.59 Å². The van der Waals surface area contributed by atoms with Crippen LogP contribution < -0.4 is 0 Å². The first-order valence-electron chi connectivity index (χ1n) is 14.0. The summed E-state index contributed by atoms with van der Waals surface area (Å²) in [6.45, 7) is 2.91. The Hall–Kier alpha value is -2.34. The number of carboxylic acids is 1. The van der Waals surface area contributed by atoms with Gasteiger partial charge in [-0.1, -0.05) is 24.6 Å². The van der Waals surface area contributed by atoms with E-state index in [9.17, 15) is 39.9 Å². The van der Waals surface area contributed by atoms with E-state index < -0.39 is 60.1 Å². The van der Waals surface area contributed by atoms with E-state index in [1.54, 1.807) is 0 Å². The van der Waals surface area contributed by atoms with Crippen molar-refractivity contribution in [2.75, 3.05) is 19.8 Å². The van der Waals surface area contributed by atoms with Gasteiger partial charge in [0, 0.05) is 18.4 Å². The molecule has 39 heavy (non-hydrogen) atoms. The lowest BCUT2D eigenvalue weighted by Crippen LogP contribution is -2.62. The lowest BCUT2D eigenvalue weighted by Gasteiger charge is -2.60. The van der Waals surface area contributed by atoms with Crippen LogP contribution in [0.2, 0.25) is 0 Å². The fourth-order valence-electron chi connectivity index (χ4n) is 8.94. The van der Waals surface area contributed by atoms with Crippen LogP contribution in [0.5, 0.6) is 0 Å². The molecule has 216 valence electrons. The van der Waals surface area contributed by atoms with E-state index in [1.807, 2.05) is 13.0 Å². The van der Waals surface area contributed by atoms with Gasteiger partial charge in [0.1, 0.15) is 18.2 Å². The Morgan fingerprint density at radius 3 is 2.59 bits per heavy atom. The molecule has 3 saturated carbocycles. The molecular formula is C28H40N2O9. The predicted octanol–water partition coefficient (Wildman–Crippen LogP) is 0.631. The van der Waals surface area contributed by atoms with Gasteiger partial charge in [-0.15, -0.1) is 0 Å². The molecular weight excluding hydrogens is 508 g/mol. The van der Waals surface area contributed by atoms with E-state index in [2.05, 4.69) is 12.1 Å². The zero-order valence-electron chi connectivity index (χ0n) is 22.6. The van der Waals surface area contributed by atoms with Crippen LogP contribution in [0.4, 0.5) is 0 Å². The maximum absolute atomic E-state index is 12.6. The summed E-state index contributed by atoms with van der Waals surface area (Å²) in [6.07, 6.45) is 4.61. The van der Waals surface area contributed by atoms with Gasteiger partial charge in [-0.25, -0.2) is 4.79 Å². The Labute approximate surface area is 227 Å². The molecule has 5 rings (SSSR count). The van der Waals surface area contributed by atoms with Crippen LogP contribution in [0.15, 0.2) is 16.8 Å². The lowest BCUT2D eigenvalue weighted by atomic mass is 9.45. The number of aliphatic hydroxyl groups is 4. The van der Waals surface area contributed by atoms with Crippen molar-refractivity contribution in [2.45, 2.75) is 89.1 Å². The smallest absolute Gasteiger partial charge is 0.326 e. The number of likely N-dealkylation sites (tertiary alicyclic amines) is 1.